The lowest BCUT2D eigenvalue weighted by Gasteiger charge is -2.28. The van der Waals surface area contributed by atoms with E-state index in [0.717, 1.165) is 29.5 Å². The van der Waals surface area contributed by atoms with Gasteiger partial charge in [0.2, 0.25) is 0 Å². The Morgan fingerprint density at radius 2 is 2.05 bits per heavy atom. The zero-order valence-corrected chi connectivity index (χ0v) is 12.7. The first kappa shape index (κ1) is 14.3. The van der Waals surface area contributed by atoms with Gasteiger partial charge < -0.3 is 10.6 Å². The van der Waals surface area contributed by atoms with Gasteiger partial charge in [-0.15, -0.1) is 0 Å². The van der Waals surface area contributed by atoms with Gasteiger partial charge in [0.15, 0.2) is 0 Å². The highest BCUT2D eigenvalue weighted by Crippen LogP contribution is 2.25. The van der Waals surface area contributed by atoms with Crippen molar-refractivity contribution in [3.8, 4) is 0 Å². The molecule has 1 saturated carbocycles. The third kappa shape index (κ3) is 3.90. The lowest BCUT2D eigenvalue weighted by Crippen LogP contribution is -2.28. The van der Waals surface area contributed by atoms with Gasteiger partial charge in [-0.1, -0.05) is 31.5 Å². The van der Waals surface area contributed by atoms with Crippen LogP contribution in [0.1, 0.15) is 43.4 Å². The third-order valence-electron chi connectivity index (χ3n) is 3.87. The first-order valence-corrected chi connectivity index (χ1v) is 7.46. The first-order valence-electron chi connectivity index (χ1n) is 7.06. The predicted octanol–water partition coefficient (Wildman–Crippen LogP) is 3.04. The van der Waals surface area contributed by atoms with Crippen molar-refractivity contribution in [1.29, 1.82) is 0 Å². The van der Waals surface area contributed by atoms with Gasteiger partial charge in [-0.25, -0.2) is 4.98 Å². The third-order valence-corrected chi connectivity index (χ3v) is 4.11. The highest BCUT2D eigenvalue weighted by Gasteiger charge is 2.16. The minimum Gasteiger partial charge on any atom is -0.389 e. The Hall–Kier alpha value is -1.16. The largest absolute Gasteiger partial charge is 0.389 e. The van der Waals surface area contributed by atoms with E-state index in [0.29, 0.717) is 4.99 Å². The van der Waals surface area contributed by atoms with Crippen LogP contribution in [0.25, 0.3) is 0 Å². The molecular formula is C15H23N3S. The Morgan fingerprint density at radius 3 is 2.68 bits per heavy atom. The van der Waals surface area contributed by atoms with E-state index < -0.39 is 0 Å². The minimum absolute atomic E-state index is 0.442. The highest BCUT2D eigenvalue weighted by molar-refractivity contribution is 7.80. The number of aryl methyl sites for hydroxylation is 1. The van der Waals surface area contributed by atoms with Crippen molar-refractivity contribution in [2.75, 3.05) is 18.5 Å². The van der Waals surface area contributed by atoms with Crippen LogP contribution < -0.4 is 10.6 Å². The molecule has 4 heteroatoms. The van der Waals surface area contributed by atoms with Crippen LogP contribution in [-0.4, -0.2) is 23.6 Å². The molecule has 0 aliphatic heterocycles. The quantitative estimate of drug-likeness (QED) is 0.859. The molecule has 1 aliphatic carbocycles. The van der Waals surface area contributed by atoms with E-state index >= 15 is 0 Å². The Morgan fingerprint density at radius 1 is 1.37 bits per heavy atom. The Labute approximate surface area is 121 Å². The van der Waals surface area contributed by atoms with Gasteiger partial charge in [-0.05, 0) is 37.8 Å². The molecule has 0 spiro atoms. The number of pyridine rings is 1. The van der Waals surface area contributed by atoms with Crippen LogP contribution in [0.15, 0.2) is 12.1 Å². The predicted molar refractivity (Wildman–Crippen MR) is 84.7 cm³/mol. The molecule has 1 aromatic rings. The Bertz CT molecular complexity index is 453. The summed E-state index contributed by atoms with van der Waals surface area (Å²) < 4.78 is 0. The number of thiocarbonyl (C=S) groups is 1. The molecule has 1 fully saturated rings. The van der Waals surface area contributed by atoms with Crippen molar-refractivity contribution in [3.63, 3.8) is 0 Å². The van der Waals surface area contributed by atoms with E-state index in [2.05, 4.69) is 16.9 Å². The number of nitrogens with two attached hydrogens (primary N) is 1. The average molecular weight is 277 g/mol. The van der Waals surface area contributed by atoms with Crippen molar-refractivity contribution in [2.24, 2.45) is 11.7 Å². The van der Waals surface area contributed by atoms with Crippen LogP contribution in [0, 0.1) is 12.8 Å². The van der Waals surface area contributed by atoms with Crippen LogP contribution in [-0.2, 0) is 0 Å². The number of hydrogen-bond donors (Lipinski definition) is 1. The molecule has 0 saturated heterocycles. The van der Waals surface area contributed by atoms with Gasteiger partial charge in [-0.3, -0.25) is 0 Å². The molecule has 1 aliphatic rings. The summed E-state index contributed by atoms with van der Waals surface area (Å²) >= 11 is 5.06. The van der Waals surface area contributed by atoms with Gasteiger partial charge in [0, 0.05) is 24.8 Å². The lowest BCUT2D eigenvalue weighted by atomic mass is 9.89. The normalized spacial score (nSPS) is 16.3. The molecule has 0 atom stereocenters. The molecule has 1 aromatic heterocycles. The van der Waals surface area contributed by atoms with E-state index in [9.17, 15) is 0 Å². The zero-order valence-electron chi connectivity index (χ0n) is 11.9. The molecular weight excluding hydrogens is 254 g/mol. The summed E-state index contributed by atoms with van der Waals surface area (Å²) in [4.78, 5) is 7.28. The maximum atomic E-state index is 5.72. The second-order valence-corrected chi connectivity index (χ2v) is 6.04. The highest BCUT2D eigenvalue weighted by atomic mass is 32.1. The number of nitrogens with zero attached hydrogens (tertiary/aromatic N) is 2. The van der Waals surface area contributed by atoms with Crippen LogP contribution >= 0.6 is 12.2 Å². The fraction of sp³-hybridized carbons (Fsp3) is 0.600. The number of hydrogen-bond acceptors (Lipinski definition) is 3. The second-order valence-electron chi connectivity index (χ2n) is 5.60. The topological polar surface area (TPSA) is 42.1 Å². The van der Waals surface area contributed by atoms with Crippen LogP contribution in [0.2, 0.25) is 0 Å². The summed E-state index contributed by atoms with van der Waals surface area (Å²) in [7, 11) is 2.11. The molecule has 104 valence electrons. The van der Waals surface area contributed by atoms with Crippen molar-refractivity contribution >= 4 is 23.0 Å². The molecule has 3 nitrogen and oxygen atoms in total. The summed E-state index contributed by atoms with van der Waals surface area (Å²) in [5, 5.41) is 0. The standard InChI is InChI=1S/C15H23N3S/c1-11-8-13(15(16)19)9-14(17-11)18(2)10-12-6-4-3-5-7-12/h8-9,12H,3-7,10H2,1-2H3,(H2,16,19). The van der Waals surface area contributed by atoms with Crippen molar-refractivity contribution in [2.45, 2.75) is 39.0 Å². The van der Waals surface area contributed by atoms with Crippen molar-refractivity contribution < 1.29 is 0 Å². The summed E-state index contributed by atoms with van der Waals surface area (Å²) in [6, 6.07) is 3.94. The molecule has 2 N–H and O–H groups in total. The molecule has 0 unspecified atom stereocenters. The molecule has 0 aromatic carbocycles. The Kier molecular flexibility index (Phi) is 4.75. The van der Waals surface area contributed by atoms with Gasteiger partial charge in [0.25, 0.3) is 0 Å². The van der Waals surface area contributed by atoms with Gasteiger partial charge in [0.05, 0.1) is 0 Å². The first-order chi connectivity index (χ1) is 9.06. The van der Waals surface area contributed by atoms with Crippen molar-refractivity contribution in [3.05, 3.63) is 23.4 Å². The minimum atomic E-state index is 0.442. The van der Waals surface area contributed by atoms with Gasteiger partial charge in [0.1, 0.15) is 10.8 Å². The van der Waals surface area contributed by atoms with Crippen LogP contribution in [0.4, 0.5) is 5.82 Å². The van der Waals surface area contributed by atoms with E-state index in [4.69, 9.17) is 18.0 Å². The number of rotatable bonds is 4. The lowest BCUT2D eigenvalue weighted by molar-refractivity contribution is 0.361. The Balaban J connectivity index is 2.09. The fourth-order valence-electron chi connectivity index (χ4n) is 2.84. The average Bonchev–Trinajstić information content (AvgIpc) is 2.39. The molecule has 0 bridgehead atoms. The second kappa shape index (κ2) is 6.33. The van der Waals surface area contributed by atoms with Crippen LogP contribution in [0.5, 0.6) is 0 Å². The van der Waals surface area contributed by atoms with E-state index in [1.165, 1.54) is 32.1 Å². The molecule has 1 heterocycles. The molecule has 0 amide bonds. The summed E-state index contributed by atoms with van der Waals surface area (Å²) in [6.45, 7) is 3.06. The maximum absolute atomic E-state index is 5.72. The van der Waals surface area contributed by atoms with E-state index in [1.54, 1.807) is 0 Å². The molecule has 19 heavy (non-hydrogen) atoms. The summed E-state index contributed by atoms with van der Waals surface area (Å²) in [5.74, 6) is 1.78. The monoisotopic (exact) mass is 277 g/mol. The SMILES string of the molecule is Cc1cc(C(N)=S)cc(N(C)CC2CCCCC2)n1. The van der Waals surface area contributed by atoms with Gasteiger partial charge >= 0.3 is 0 Å². The maximum Gasteiger partial charge on any atom is 0.129 e. The van der Waals surface area contributed by atoms with E-state index in [-0.39, 0.29) is 0 Å². The zero-order chi connectivity index (χ0) is 13.8. The van der Waals surface area contributed by atoms with Crippen molar-refractivity contribution in [1.82, 2.24) is 4.98 Å². The number of anilines is 1. The fourth-order valence-corrected chi connectivity index (χ4v) is 2.96. The smallest absolute Gasteiger partial charge is 0.129 e. The molecule has 0 radical (unpaired) electrons. The molecule has 2 rings (SSSR count). The summed E-state index contributed by atoms with van der Waals surface area (Å²) in [5.41, 5.74) is 7.60. The van der Waals surface area contributed by atoms with Gasteiger partial charge in [-0.2, -0.15) is 0 Å². The van der Waals surface area contributed by atoms with Crippen LogP contribution in [0.3, 0.4) is 0 Å². The summed E-state index contributed by atoms with van der Waals surface area (Å²) in [6.07, 6.45) is 6.83. The van der Waals surface area contributed by atoms with E-state index in [1.807, 2.05) is 19.1 Å². The number of aromatic nitrogens is 1.